The van der Waals surface area contributed by atoms with Crippen LogP contribution in [0.2, 0.25) is 0 Å². The highest BCUT2D eigenvalue weighted by atomic mass is 32.1. The Hall–Kier alpha value is -2.34. The molecular formula is C23H28N2O3S. The van der Waals surface area contributed by atoms with E-state index in [9.17, 15) is 9.59 Å². The van der Waals surface area contributed by atoms with Crippen LogP contribution < -0.4 is 4.74 Å². The van der Waals surface area contributed by atoms with Crippen LogP contribution in [-0.2, 0) is 16.0 Å². The van der Waals surface area contributed by atoms with Gasteiger partial charge in [0.05, 0.1) is 25.0 Å². The molecule has 5 nitrogen and oxygen atoms in total. The average molecular weight is 413 g/mol. The first-order valence-corrected chi connectivity index (χ1v) is 11.3. The van der Waals surface area contributed by atoms with Gasteiger partial charge in [0.15, 0.2) is 0 Å². The van der Waals surface area contributed by atoms with Crippen molar-refractivity contribution in [1.29, 1.82) is 0 Å². The zero-order valence-electron chi connectivity index (χ0n) is 16.9. The molecule has 2 unspecified atom stereocenters. The molecule has 2 aromatic rings. The molecule has 0 aliphatic carbocycles. The minimum atomic E-state index is -0.0922. The second kappa shape index (κ2) is 8.99. The number of carbonyl (C=O) groups excluding carboxylic acids is 2. The summed E-state index contributed by atoms with van der Waals surface area (Å²) in [6.45, 7) is 4.53. The largest absolute Gasteiger partial charge is 0.493 e. The number of hydrogen-bond donors (Lipinski definition) is 0. The van der Waals surface area contributed by atoms with Crippen LogP contribution in [0.3, 0.4) is 0 Å². The quantitative estimate of drug-likeness (QED) is 0.748. The zero-order valence-corrected chi connectivity index (χ0v) is 17.7. The summed E-state index contributed by atoms with van der Waals surface area (Å²) in [5.41, 5.74) is 1.29. The van der Waals surface area contributed by atoms with E-state index in [1.165, 1.54) is 10.4 Å². The smallest absolute Gasteiger partial charge is 0.227 e. The van der Waals surface area contributed by atoms with Gasteiger partial charge in [-0.15, -0.1) is 11.3 Å². The summed E-state index contributed by atoms with van der Waals surface area (Å²) in [4.78, 5) is 31.2. The molecule has 0 bridgehead atoms. The maximum atomic E-state index is 13.2. The number of piperidine rings is 1. The van der Waals surface area contributed by atoms with Crippen molar-refractivity contribution in [3.63, 3.8) is 0 Å². The third kappa shape index (κ3) is 4.47. The van der Waals surface area contributed by atoms with Crippen molar-refractivity contribution in [3.8, 4) is 5.75 Å². The lowest BCUT2D eigenvalue weighted by molar-refractivity contribution is -0.143. The lowest BCUT2D eigenvalue weighted by Gasteiger charge is -2.39. The van der Waals surface area contributed by atoms with E-state index in [0.717, 1.165) is 38.1 Å². The standard InChI is InChI=1S/C23H28N2O3S/c1-17-20-11-15-29-21(20)9-13-25(17)23(27)18-6-5-12-24(16-18)22(26)10-14-28-19-7-3-2-4-8-19/h2-4,7-8,11,15,17-18H,5-6,9-10,12-14,16H2,1H3. The second-order valence-electron chi connectivity index (χ2n) is 7.85. The third-order valence-electron chi connectivity index (χ3n) is 6.01. The molecule has 2 amide bonds. The van der Waals surface area contributed by atoms with Crippen molar-refractivity contribution < 1.29 is 14.3 Å². The lowest BCUT2D eigenvalue weighted by Crippen LogP contribution is -2.48. The molecular weight excluding hydrogens is 384 g/mol. The Bertz CT molecular complexity index is 851. The summed E-state index contributed by atoms with van der Waals surface area (Å²) in [5, 5.41) is 2.12. The van der Waals surface area contributed by atoms with Gasteiger partial charge in [0, 0.05) is 24.5 Å². The Morgan fingerprint density at radius 1 is 1.17 bits per heavy atom. The number of para-hydroxylation sites is 1. The monoisotopic (exact) mass is 412 g/mol. The molecule has 4 rings (SSSR count). The zero-order chi connectivity index (χ0) is 20.2. The first kappa shape index (κ1) is 20.0. The van der Waals surface area contributed by atoms with Crippen molar-refractivity contribution in [2.45, 2.75) is 38.6 Å². The Kier molecular flexibility index (Phi) is 6.19. The van der Waals surface area contributed by atoms with E-state index in [0.29, 0.717) is 19.6 Å². The highest BCUT2D eigenvalue weighted by Crippen LogP contribution is 2.34. The first-order chi connectivity index (χ1) is 14.1. The molecule has 0 spiro atoms. The Balaban J connectivity index is 1.31. The number of ether oxygens (including phenoxy) is 1. The van der Waals surface area contributed by atoms with E-state index in [2.05, 4.69) is 18.4 Å². The van der Waals surface area contributed by atoms with Gasteiger partial charge in [-0.3, -0.25) is 9.59 Å². The van der Waals surface area contributed by atoms with E-state index < -0.39 is 0 Å². The van der Waals surface area contributed by atoms with Crippen LogP contribution in [0.1, 0.15) is 42.7 Å². The summed E-state index contributed by atoms with van der Waals surface area (Å²) >= 11 is 1.79. The molecule has 1 aromatic heterocycles. The number of carbonyl (C=O) groups is 2. The number of nitrogens with zero attached hydrogens (tertiary/aromatic N) is 2. The molecule has 1 saturated heterocycles. The summed E-state index contributed by atoms with van der Waals surface area (Å²) in [6, 6.07) is 11.8. The highest BCUT2D eigenvalue weighted by Gasteiger charge is 2.35. The van der Waals surface area contributed by atoms with E-state index in [1.807, 2.05) is 40.1 Å². The molecule has 2 aliphatic rings. The fourth-order valence-corrected chi connectivity index (χ4v) is 5.34. The number of benzene rings is 1. The van der Waals surface area contributed by atoms with E-state index >= 15 is 0 Å². The van der Waals surface area contributed by atoms with Crippen molar-refractivity contribution in [2.75, 3.05) is 26.2 Å². The summed E-state index contributed by atoms with van der Waals surface area (Å²) in [6.07, 6.45) is 3.03. The molecule has 6 heteroatoms. The van der Waals surface area contributed by atoms with Gasteiger partial charge in [0.2, 0.25) is 11.8 Å². The van der Waals surface area contributed by atoms with Crippen molar-refractivity contribution in [3.05, 3.63) is 52.2 Å². The van der Waals surface area contributed by atoms with Gasteiger partial charge in [-0.2, -0.15) is 0 Å². The van der Waals surface area contributed by atoms with Gasteiger partial charge in [-0.1, -0.05) is 18.2 Å². The van der Waals surface area contributed by atoms with Gasteiger partial charge in [-0.25, -0.2) is 0 Å². The highest BCUT2D eigenvalue weighted by molar-refractivity contribution is 7.10. The summed E-state index contributed by atoms with van der Waals surface area (Å²) in [5.74, 6) is 0.960. The molecule has 154 valence electrons. The second-order valence-corrected chi connectivity index (χ2v) is 8.85. The van der Waals surface area contributed by atoms with Gasteiger partial charge in [0.1, 0.15) is 5.75 Å². The summed E-state index contributed by atoms with van der Waals surface area (Å²) in [7, 11) is 0. The third-order valence-corrected chi connectivity index (χ3v) is 7.01. The van der Waals surface area contributed by atoms with Crippen LogP contribution in [0, 0.1) is 5.92 Å². The van der Waals surface area contributed by atoms with Crippen molar-refractivity contribution in [1.82, 2.24) is 9.80 Å². The van der Waals surface area contributed by atoms with Crippen LogP contribution in [-0.4, -0.2) is 47.9 Å². The van der Waals surface area contributed by atoms with Gasteiger partial charge in [-0.05, 0) is 55.3 Å². The molecule has 0 saturated carbocycles. The maximum Gasteiger partial charge on any atom is 0.227 e. The van der Waals surface area contributed by atoms with Gasteiger partial charge in [0.25, 0.3) is 0 Å². The van der Waals surface area contributed by atoms with Crippen molar-refractivity contribution in [2.24, 2.45) is 5.92 Å². The molecule has 2 aliphatic heterocycles. The average Bonchev–Trinajstić information content (AvgIpc) is 3.24. The van der Waals surface area contributed by atoms with Crippen molar-refractivity contribution >= 4 is 23.2 Å². The molecule has 1 fully saturated rings. The molecule has 0 N–H and O–H groups in total. The SMILES string of the molecule is CC1c2ccsc2CCN1C(=O)C1CCCN(C(=O)CCOc2ccccc2)C1. The minimum absolute atomic E-state index is 0.0743. The lowest BCUT2D eigenvalue weighted by atomic mass is 9.93. The number of thiophene rings is 1. The van der Waals surface area contributed by atoms with Crippen LogP contribution in [0.5, 0.6) is 5.75 Å². The number of hydrogen-bond acceptors (Lipinski definition) is 4. The van der Waals surface area contributed by atoms with Crippen LogP contribution in [0.25, 0.3) is 0 Å². The first-order valence-electron chi connectivity index (χ1n) is 10.5. The summed E-state index contributed by atoms with van der Waals surface area (Å²) < 4.78 is 5.65. The topological polar surface area (TPSA) is 49.9 Å². The molecule has 1 aromatic carbocycles. The van der Waals surface area contributed by atoms with Crippen LogP contribution >= 0.6 is 11.3 Å². The fraction of sp³-hybridized carbons (Fsp3) is 0.478. The predicted octanol–water partition coefficient (Wildman–Crippen LogP) is 3.90. The maximum absolute atomic E-state index is 13.2. The van der Waals surface area contributed by atoms with E-state index in [4.69, 9.17) is 4.74 Å². The Morgan fingerprint density at radius 2 is 2.00 bits per heavy atom. The van der Waals surface area contributed by atoms with Gasteiger partial charge < -0.3 is 14.5 Å². The normalized spacial score (nSPS) is 21.6. The van der Waals surface area contributed by atoms with Crippen LogP contribution in [0.4, 0.5) is 0 Å². The van der Waals surface area contributed by atoms with E-state index in [1.54, 1.807) is 11.3 Å². The van der Waals surface area contributed by atoms with Gasteiger partial charge >= 0.3 is 0 Å². The Labute approximate surface area is 176 Å². The number of rotatable bonds is 5. The van der Waals surface area contributed by atoms with Crippen LogP contribution in [0.15, 0.2) is 41.8 Å². The number of likely N-dealkylation sites (tertiary alicyclic amines) is 1. The molecule has 3 heterocycles. The number of fused-ring (bicyclic) bond motifs is 1. The van der Waals surface area contributed by atoms with E-state index in [-0.39, 0.29) is 23.8 Å². The Morgan fingerprint density at radius 3 is 2.83 bits per heavy atom. The predicted molar refractivity (Wildman–Crippen MR) is 114 cm³/mol. The molecule has 2 atom stereocenters. The fourth-order valence-electron chi connectivity index (χ4n) is 4.38. The number of amides is 2. The molecule has 29 heavy (non-hydrogen) atoms. The minimum Gasteiger partial charge on any atom is -0.493 e. The molecule has 0 radical (unpaired) electrons.